The van der Waals surface area contributed by atoms with E-state index in [0.717, 1.165) is 21.5 Å². The molecule has 0 atom stereocenters. The molecule has 0 N–H and O–H groups in total. The number of hydrogen-bond donors (Lipinski definition) is 0. The van der Waals surface area contributed by atoms with Gasteiger partial charge in [0.2, 0.25) is 0 Å². The molecule has 0 bridgehead atoms. The van der Waals surface area contributed by atoms with E-state index in [9.17, 15) is 13.2 Å². The van der Waals surface area contributed by atoms with Crippen LogP contribution in [0.5, 0.6) is 5.75 Å². The van der Waals surface area contributed by atoms with Gasteiger partial charge in [-0.15, -0.1) is 0 Å². The summed E-state index contributed by atoms with van der Waals surface area (Å²) >= 11 is 8.07. The SMILES string of the molecule is FC(F)(F)c1cc(CP(Cl)(c2ccccc2)(c2ccccc2)c2ccccc2)ccc1OCc1ccccc1. The second kappa shape index (κ2) is 10.9. The summed E-state index contributed by atoms with van der Waals surface area (Å²) in [4.78, 5) is 0. The molecule has 5 aromatic rings. The van der Waals surface area contributed by atoms with Gasteiger partial charge in [-0.1, -0.05) is 0 Å². The molecule has 0 saturated heterocycles. The molecule has 0 aliphatic heterocycles. The molecule has 0 unspecified atom stereocenters. The van der Waals surface area contributed by atoms with Crippen LogP contribution in [0.15, 0.2) is 140 Å². The van der Waals surface area contributed by atoms with Crippen molar-refractivity contribution in [3.8, 4) is 5.75 Å². The molecule has 5 aromatic carbocycles. The molecule has 39 heavy (non-hydrogen) atoms. The monoisotopic (exact) mass is 562 g/mol. The van der Waals surface area contributed by atoms with Crippen LogP contribution in [0, 0.1) is 0 Å². The Hall–Kier alpha value is -3.59. The van der Waals surface area contributed by atoms with Gasteiger partial charge in [0.1, 0.15) is 0 Å². The van der Waals surface area contributed by atoms with Crippen LogP contribution in [0.2, 0.25) is 0 Å². The zero-order chi connectivity index (χ0) is 27.4. The number of rotatable bonds is 8. The van der Waals surface area contributed by atoms with E-state index in [1.54, 1.807) is 6.07 Å². The van der Waals surface area contributed by atoms with E-state index in [-0.39, 0.29) is 18.5 Å². The summed E-state index contributed by atoms with van der Waals surface area (Å²) in [5.41, 5.74) is 0.461. The van der Waals surface area contributed by atoms with Crippen molar-refractivity contribution in [1.82, 2.24) is 0 Å². The molecule has 0 heterocycles. The van der Waals surface area contributed by atoms with Crippen LogP contribution in [-0.2, 0) is 18.9 Å². The molecule has 0 aromatic heterocycles. The molecular formula is C33H27ClF3OP. The molecule has 1 nitrogen and oxygen atoms in total. The quantitative estimate of drug-likeness (QED) is 0.172. The van der Waals surface area contributed by atoms with Crippen LogP contribution in [-0.4, -0.2) is 0 Å². The first-order chi connectivity index (χ1) is 18.8. The molecule has 0 aliphatic carbocycles. The summed E-state index contributed by atoms with van der Waals surface area (Å²) in [6.45, 7) is 0.0380. The Morgan fingerprint density at radius 1 is 0.564 bits per heavy atom. The van der Waals surface area contributed by atoms with Gasteiger partial charge in [-0.25, -0.2) is 0 Å². The predicted octanol–water partition coefficient (Wildman–Crippen LogP) is 8.47. The van der Waals surface area contributed by atoms with E-state index in [1.807, 2.05) is 121 Å². The van der Waals surface area contributed by atoms with Crippen LogP contribution in [0.1, 0.15) is 16.7 Å². The Labute approximate surface area is 231 Å². The number of halogens is 4. The maximum absolute atomic E-state index is 14.3. The van der Waals surface area contributed by atoms with E-state index < -0.39 is 17.7 Å². The van der Waals surface area contributed by atoms with Crippen molar-refractivity contribution < 1.29 is 17.9 Å². The maximum atomic E-state index is 14.3. The normalized spacial score (nSPS) is 12.9. The second-order valence-corrected chi connectivity index (χ2v) is 15.9. The summed E-state index contributed by atoms with van der Waals surface area (Å²) in [5.74, 6) is -4.00. The Bertz CT molecular complexity index is 1430. The van der Waals surface area contributed by atoms with Crippen molar-refractivity contribution in [2.75, 3.05) is 0 Å². The van der Waals surface area contributed by atoms with E-state index in [1.165, 1.54) is 12.1 Å². The van der Waals surface area contributed by atoms with E-state index in [4.69, 9.17) is 16.0 Å². The Kier molecular flexibility index (Phi) is 7.53. The molecule has 6 heteroatoms. The van der Waals surface area contributed by atoms with Gasteiger partial charge in [0.25, 0.3) is 0 Å². The number of ether oxygens (including phenoxy) is 1. The third kappa shape index (κ3) is 5.32. The molecule has 0 saturated carbocycles. The second-order valence-electron chi connectivity index (χ2n) is 9.45. The van der Waals surface area contributed by atoms with Gasteiger partial charge < -0.3 is 0 Å². The average molecular weight is 563 g/mol. The molecule has 0 fully saturated rings. The Balaban J connectivity index is 1.67. The van der Waals surface area contributed by atoms with Crippen LogP contribution in [0.25, 0.3) is 0 Å². The van der Waals surface area contributed by atoms with E-state index in [0.29, 0.717) is 5.56 Å². The van der Waals surface area contributed by atoms with Crippen LogP contribution < -0.4 is 20.7 Å². The number of hydrogen-bond acceptors (Lipinski definition) is 1. The minimum absolute atomic E-state index is 0.0380. The molecule has 0 aliphatic rings. The predicted molar refractivity (Wildman–Crippen MR) is 157 cm³/mol. The first-order valence-electron chi connectivity index (χ1n) is 12.6. The molecule has 5 rings (SSSR count). The molecule has 0 amide bonds. The van der Waals surface area contributed by atoms with Gasteiger partial charge in [-0.2, -0.15) is 0 Å². The standard InChI is InChI=1S/C33H27ClF3OP/c34-39(28-15-7-2-8-16-28,29-17-9-3-10-18-29,30-19-11-4-12-20-30)25-27-21-22-32(31(23-27)33(35,36)37)38-24-26-13-5-1-6-14-26/h1-23H,24-25H2. The number of alkyl halides is 3. The van der Waals surface area contributed by atoms with Gasteiger partial charge in [0.15, 0.2) is 0 Å². The molecule has 0 spiro atoms. The summed E-state index contributed by atoms with van der Waals surface area (Å²) in [7, 11) is 0. The third-order valence-electron chi connectivity index (χ3n) is 6.95. The average Bonchev–Trinajstić information content (AvgIpc) is 2.98. The van der Waals surface area contributed by atoms with Gasteiger partial charge in [-0.3, -0.25) is 0 Å². The van der Waals surface area contributed by atoms with Crippen LogP contribution in [0.4, 0.5) is 13.2 Å². The van der Waals surface area contributed by atoms with Crippen LogP contribution >= 0.6 is 17.2 Å². The van der Waals surface area contributed by atoms with Crippen LogP contribution in [0.3, 0.4) is 0 Å². The van der Waals surface area contributed by atoms with Crippen molar-refractivity contribution in [1.29, 1.82) is 0 Å². The summed E-state index contributed by atoms with van der Waals surface area (Å²) in [6.07, 6.45) is -4.40. The van der Waals surface area contributed by atoms with Crippen molar-refractivity contribution >= 4 is 33.1 Å². The van der Waals surface area contributed by atoms with E-state index >= 15 is 0 Å². The Morgan fingerprint density at radius 2 is 1.00 bits per heavy atom. The first kappa shape index (κ1) is 27.0. The third-order valence-corrected chi connectivity index (χ3v) is 14.1. The molecular weight excluding hydrogens is 536 g/mol. The molecule has 198 valence electrons. The fourth-order valence-corrected chi connectivity index (χ4v) is 11.2. The van der Waals surface area contributed by atoms with Gasteiger partial charge >= 0.3 is 232 Å². The molecule has 0 radical (unpaired) electrons. The summed E-state index contributed by atoms with van der Waals surface area (Å²) in [6, 6.07) is 42.6. The first-order valence-corrected chi connectivity index (χ1v) is 15.9. The minimum atomic E-state index is -4.60. The van der Waals surface area contributed by atoms with Crippen molar-refractivity contribution in [2.24, 2.45) is 0 Å². The van der Waals surface area contributed by atoms with Crippen molar-refractivity contribution in [2.45, 2.75) is 18.9 Å². The zero-order valence-corrected chi connectivity index (χ0v) is 22.7. The topological polar surface area (TPSA) is 9.23 Å². The van der Waals surface area contributed by atoms with Crippen molar-refractivity contribution in [3.05, 3.63) is 156 Å². The van der Waals surface area contributed by atoms with Crippen molar-refractivity contribution in [3.63, 3.8) is 0 Å². The van der Waals surface area contributed by atoms with Gasteiger partial charge in [0.05, 0.1) is 0 Å². The van der Waals surface area contributed by atoms with Gasteiger partial charge in [-0.05, 0) is 0 Å². The summed E-state index contributed by atoms with van der Waals surface area (Å²) < 4.78 is 48.7. The summed E-state index contributed by atoms with van der Waals surface area (Å²) in [5, 5.41) is 2.67. The fourth-order valence-electron chi connectivity index (χ4n) is 5.04. The van der Waals surface area contributed by atoms with E-state index in [2.05, 4.69) is 0 Å². The Morgan fingerprint density at radius 3 is 1.44 bits per heavy atom. The fraction of sp³-hybridized carbons (Fsp3) is 0.0909. The number of benzene rings is 5. The van der Waals surface area contributed by atoms with Gasteiger partial charge in [0, 0.05) is 0 Å². The zero-order valence-electron chi connectivity index (χ0n) is 21.1.